The molecule has 0 unspecified atom stereocenters. The Kier molecular flexibility index (Phi) is 2.13. The number of rotatable bonds is 1. The first-order valence-corrected chi connectivity index (χ1v) is 5.63. The summed E-state index contributed by atoms with van der Waals surface area (Å²) in [5.74, 6) is 0.353. The minimum absolute atomic E-state index is 0.000925. The molecule has 0 fully saturated rings. The molecular formula is C8H8N2O4S. The number of ether oxygens (including phenoxy) is 1. The van der Waals surface area contributed by atoms with Crippen molar-refractivity contribution < 1.29 is 17.9 Å². The van der Waals surface area contributed by atoms with E-state index in [4.69, 9.17) is 9.88 Å². The lowest BCUT2D eigenvalue weighted by Crippen LogP contribution is -2.31. The summed E-state index contributed by atoms with van der Waals surface area (Å²) in [6.45, 7) is 0.234. The number of primary sulfonamides is 1. The number of nitrogens with two attached hydrogens (primary N) is 1. The second-order valence-electron chi connectivity index (χ2n) is 3.06. The zero-order valence-corrected chi connectivity index (χ0v) is 8.37. The summed E-state index contributed by atoms with van der Waals surface area (Å²) in [7, 11) is -3.72. The second kappa shape index (κ2) is 3.21. The number of amides is 1. The van der Waals surface area contributed by atoms with Crippen LogP contribution in [0.1, 0.15) is 5.56 Å². The first kappa shape index (κ1) is 9.94. The number of hydrogen-bond acceptors (Lipinski definition) is 4. The maximum absolute atomic E-state index is 11.0. The van der Waals surface area contributed by atoms with Gasteiger partial charge in [-0.05, 0) is 18.2 Å². The lowest BCUT2D eigenvalue weighted by molar-refractivity contribution is 0.194. The number of carbonyl (C=O) groups is 1. The van der Waals surface area contributed by atoms with Crippen LogP contribution in [0.4, 0.5) is 4.79 Å². The maximum Gasteiger partial charge on any atom is 0.412 e. The summed E-state index contributed by atoms with van der Waals surface area (Å²) in [6.07, 6.45) is -0.550. The quantitative estimate of drug-likeness (QED) is 0.703. The van der Waals surface area contributed by atoms with Crippen molar-refractivity contribution in [2.75, 3.05) is 0 Å². The van der Waals surface area contributed by atoms with Crippen molar-refractivity contribution in [3.8, 4) is 5.75 Å². The monoisotopic (exact) mass is 228 g/mol. The molecule has 0 atom stereocenters. The third kappa shape index (κ3) is 1.92. The highest BCUT2D eigenvalue weighted by Gasteiger charge is 2.18. The highest BCUT2D eigenvalue weighted by Crippen LogP contribution is 2.24. The SMILES string of the molecule is NS(=O)(=O)c1ccc2c(c1)CNC(=O)O2. The fourth-order valence-electron chi connectivity index (χ4n) is 1.27. The van der Waals surface area contributed by atoms with E-state index in [-0.39, 0.29) is 11.4 Å². The van der Waals surface area contributed by atoms with Crippen LogP contribution in [0.15, 0.2) is 23.1 Å². The van der Waals surface area contributed by atoms with Gasteiger partial charge in [0, 0.05) is 12.1 Å². The van der Waals surface area contributed by atoms with Crippen LogP contribution < -0.4 is 15.2 Å². The molecular weight excluding hydrogens is 220 g/mol. The maximum atomic E-state index is 11.0. The molecule has 1 aliphatic heterocycles. The van der Waals surface area contributed by atoms with Gasteiger partial charge in [-0.15, -0.1) is 0 Å². The molecule has 0 bridgehead atoms. The molecule has 2 rings (SSSR count). The van der Waals surface area contributed by atoms with Crippen molar-refractivity contribution in [2.24, 2.45) is 5.14 Å². The first-order chi connectivity index (χ1) is 6.97. The van der Waals surface area contributed by atoms with E-state index in [1.165, 1.54) is 18.2 Å². The standard InChI is InChI=1S/C8H8N2O4S/c9-15(12,13)6-1-2-7-5(3-6)4-10-8(11)14-7/h1-3H,4H2,(H,10,11)(H2,9,12,13). The highest BCUT2D eigenvalue weighted by molar-refractivity contribution is 7.89. The highest BCUT2D eigenvalue weighted by atomic mass is 32.2. The van der Waals surface area contributed by atoms with Gasteiger partial charge < -0.3 is 10.1 Å². The molecule has 7 heteroatoms. The fraction of sp³-hybridized carbons (Fsp3) is 0.125. The number of fused-ring (bicyclic) bond motifs is 1. The van der Waals surface area contributed by atoms with Gasteiger partial charge in [0.1, 0.15) is 5.75 Å². The van der Waals surface area contributed by atoms with Gasteiger partial charge in [0.2, 0.25) is 10.0 Å². The van der Waals surface area contributed by atoms with Crippen LogP contribution in [0.5, 0.6) is 5.75 Å². The van der Waals surface area contributed by atoms with Crippen LogP contribution in [0.2, 0.25) is 0 Å². The van der Waals surface area contributed by atoms with E-state index in [1.54, 1.807) is 0 Å². The lowest BCUT2D eigenvalue weighted by Gasteiger charge is -2.16. The van der Waals surface area contributed by atoms with Crippen molar-refractivity contribution in [3.05, 3.63) is 23.8 Å². The Hall–Kier alpha value is -1.60. The molecule has 0 aromatic heterocycles. The Morgan fingerprint density at radius 1 is 1.40 bits per heavy atom. The molecule has 1 amide bonds. The molecule has 15 heavy (non-hydrogen) atoms. The minimum Gasteiger partial charge on any atom is -0.410 e. The molecule has 0 spiro atoms. The molecule has 6 nitrogen and oxygen atoms in total. The number of carbonyl (C=O) groups excluding carboxylic acids is 1. The van der Waals surface area contributed by atoms with Crippen LogP contribution in [0.25, 0.3) is 0 Å². The largest absolute Gasteiger partial charge is 0.412 e. The molecule has 1 aliphatic rings. The molecule has 0 saturated heterocycles. The predicted octanol–water partition coefficient (Wildman–Crippen LogP) is -0.0640. The minimum atomic E-state index is -3.72. The van der Waals surface area contributed by atoms with Gasteiger partial charge in [0.25, 0.3) is 0 Å². The average Bonchev–Trinajstić information content (AvgIpc) is 2.15. The Morgan fingerprint density at radius 3 is 2.80 bits per heavy atom. The normalized spacial score (nSPS) is 15.1. The summed E-state index contributed by atoms with van der Waals surface area (Å²) in [6, 6.07) is 4.09. The molecule has 80 valence electrons. The third-order valence-corrected chi connectivity index (χ3v) is 2.90. The van der Waals surface area contributed by atoms with Crippen LogP contribution >= 0.6 is 0 Å². The molecule has 3 N–H and O–H groups in total. The Morgan fingerprint density at radius 2 is 2.13 bits per heavy atom. The van der Waals surface area contributed by atoms with E-state index in [0.29, 0.717) is 11.3 Å². The van der Waals surface area contributed by atoms with E-state index in [9.17, 15) is 13.2 Å². The van der Waals surface area contributed by atoms with Crippen LogP contribution in [0.3, 0.4) is 0 Å². The smallest absolute Gasteiger partial charge is 0.410 e. The van der Waals surface area contributed by atoms with Gasteiger partial charge >= 0.3 is 6.09 Å². The first-order valence-electron chi connectivity index (χ1n) is 4.08. The fourth-order valence-corrected chi connectivity index (χ4v) is 1.84. The second-order valence-corrected chi connectivity index (χ2v) is 4.62. The molecule has 1 heterocycles. The Balaban J connectivity index is 2.48. The topological polar surface area (TPSA) is 98.5 Å². The zero-order valence-electron chi connectivity index (χ0n) is 7.56. The van der Waals surface area contributed by atoms with E-state index in [0.717, 1.165) is 0 Å². The lowest BCUT2D eigenvalue weighted by atomic mass is 10.2. The van der Waals surface area contributed by atoms with Crippen molar-refractivity contribution >= 4 is 16.1 Å². The molecule has 1 aromatic rings. The van der Waals surface area contributed by atoms with Crippen molar-refractivity contribution in [2.45, 2.75) is 11.4 Å². The van der Waals surface area contributed by atoms with E-state index in [1.807, 2.05) is 0 Å². The predicted molar refractivity (Wildman–Crippen MR) is 50.7 cm³/mol. The van der Waals surface area contributed by atoms with E-state index in [2.05, 4.69) is 5.32 Å². The molecule has 0 aliphatic carbocycles. The number of hydrogen-bond donors (Lipinski definition) is 2. The Bertz CT molecular complexity index is 523. The summed E-state index contributed by atoms with van der Waals surface area (Å²) in [5.41, 5.74) is 0.584. The average molecular weight is 228 g/mol. The van der Waals surface area contributed by atoms with Crippen molar-refractivity contribution in [3.63, 3.8) is 0 Å². The number of nitrogens with one attached hydrogen (secondary N) is 1. The van der Waals surface area contributed by atoms with Crippen molar-refractivity contribution in [1.82, 2.24) is 5.32 Å². The van der Waals surface area contributed by atoms with Gasteiger partial charge in [0.05, 0.1) is 4.90 Å². The number of sulfonamides is 1. The summed E-state index contributed by atoms with van der Waals surface area (Å²) >= 11 is 0. The molecule has 0 radical (unpaired) electrons. The van der Waals surface area contributed by atoms with Gasteiger partial charge in [-0.2, -0.15) is 0 Å². The third-order valence-electron chi connectivity index (χ3n) is 1.99. The van der Waals surface area contributed by atoms with Crippen molar-refractivity contribution in [1.29, 1.82) is 0 Å². The van der Waals surface area contributed by atoms with Gasteiger partial charge in [0.15, 0.2) is 0 Å². The van der Waals surface area contributed by atoms with E-state index < -0.39 is 16.1 Å². The number of benzene rings is 1. The molecule has 1 aromatic carbocycles. The van der Waals surface area contributed by atoms with Crippen LogP contribution in [-0.2, 0) is 16.6 Å². The van der Waals surface area contributed by atoms with Gasteiger partial charge in [-0.1, -0.05) is 0 Å². The summed E-state index contributed by atoms with van der Waals surface area (Å²) in [4.78, 5) is 10.8. The van der Waals surface area contributed by atoms with Gasteiger partial charge in [-0.25, -0.2) is 18.4 Å². The van der Waals surface area contributed by atoms with Crippen LogP contribution in [-0.4, -0.2) is 14.5 Å². The Labute approximate surface area is 86.1 Å². The van der Waals surface area contributed by atoms with Gasteiger partial charge in [-0.3, -0.25) is 0 Å². The summed E-state index contributed by atoms with van der Waals surface area (Å²) in [5, 5.41) is 7.38. The molecule has 0 saturated carbocycles. The van der Waals surface area contributed by atoms with E-state index >= 15 is 0 Å². The summed E-state index contributed by atoms with van der Waals surface area (Å²) < 4.78 is 26.9. The van der Waals surface area contributed by atoms with Crippen LogP contribution in [0, 0.1) is 0 Å². The zero-order chi connectivity index (χ0) is 11.1.